The van der Waals surface area contributed by atoms with E-state index in [4.69, 9.17) is 4.74 Å². The quantitative estimate of drug-likeness (QED) is 0.278. The molecule has 3 aromatic carbocycles. The van der Waals surface area contributed by atoms with Crippen molar-refractivity contribution < 1.29 is 14.6 Å². The predicted octanol–water partition coefficient (Wildman–Crippen LogP) is 6.79. The zero-order valence-corrected chi connectivity index (χ0v) is 21.3. The average molecular weight is 487 g/mol. The van der Waals surface area contributed by atoms with Gasteiger partial charge in [0.05, 0.1) is 30.7 Å². The monoisotopic (exact) mass is 486 g/mol. The molecule has 0 saturated heterocycles. The molecular formula is C29H30N2O3S. The van der Waals surface area contributed by atoms with Gasteiger partial charge in [0.15, 0.2) is 0 Å². The minimum Gasteiger partial charge on any atom is -0.465 e. The minimum atomic E-state index is -0.363. The third kappa shape index (κ3) is 4.90. The van der Waals surface area contributed by atoms with E-state index in [0.29, 0.717) is 17.2 Å². The van der Waals surface area contributed by atoms with Crippen molar-refractivity contribution in [2.75, 3.05) is 7.11 Å². The van der Waals surface area contributed by atoms with Gasteiger partial charge in [0.25, 0.3) is 0 Å². The molecular weight excluding hydrogens is 456 g/mol. The van der Waals surface area contributed by atoms with Crippen LogP contribution in [0.4, 0.5) is 0 Å². The van der Waals surface area contributed by atoms with Gasteiger partial charge in [-0.05, 0) is 59.7 Å². The van der Waals surface area contributed by atoms with E-state index in [2.05, 4.69) is 54.6 Å². The summed E-state index contributed by atoms with van der Waals surface area (Å²) in [5, 5.41) is 10.9. The lowest BCUT2D eigenvalue weighted by Crippen LogP contribution is -2.09. The topological polar surface area (TPSA) is 64.4 Å². The molecule has 6 heteroatoms. The van der Waals surface area contributed by atoms with Crippen LogP contribution < -0.4 is 0 Å². The Morgan fingerprint density at radius 3 is 2.46 bits per heavy atom. The lowest BCUT2D eigenvalue weighted by Gasteiger charge is -2.23. The molecule has 0 aliphatic carbocycles. The number of carbonyl (C=O) groups is 1. The first-order valence-corrected chi connectivity index (χ1v) is 12.5. The number of methoxy groups -OCH3 is 1. The first-order valence-electron chi connectivity index (χ1n) is 11.7. The van der Waals surface area contributed by atoms with E-state index in [1.807, 2.05) is 36.4 Å². The van der Waals surface area contributed by atoms with Gasteiger partial charge in [-0.1, -0.05) is 74.1 Å². The number of hydrogen-bond donors (Lipinski definition) is 1. The maximum Gasteiger partial charge on any atom is 0.338 e. The molecule has 0 spiro atoms. The number of rotatable bonds is 8. The molecule has 0 bridgehead atoms. The molecule has 4 rings (SSSR count). The number of imidazole rings is 1. The van der Waals surface area contributed by atoms with Crippen molar-refractivity contribution in [3.8, 4) is 16.8 Å². The Balaban J connectivity index is 1.97. The van der Waals surface area contributed by atoms with E-state index >= 15 is 0 Å². The summed E-state index contributed by atoms with van der Waals surface area (Å²) in [5.74, 6) is -0.0544. The zero-order chi connectivity index (χ0) is 24.9. The van der Waals surface area contributed by atoms with E-state index < -0.39 is 0 Å². The van der Waals surface area contributed by atoms with Crippen LogP contribution in [0.1, 0.15) is 53.4 Å². The van der Waals surface area contributed by atoms with Crippen molar-refractivity contribution in [3.63, 3.8) is 0 Å². The highest BCUT2D eigenvalue weighted by atomic mass is 32.2. The number of esters is 1. The van der Waals surface area contributed by atoms with Crippen LogP contribution in [-0.4, -0.2) is 27.7 Å². The molecule has 0 fully saturated rings. The van der Waals surface area contributed by atoms with Gasteiger partial charge in [-0.3, -0.25) is 4.57 Å². The standard InChI is InChI=1S/C29H30N2O3S/c1-5-19(2)22-15-16-23(24-13-9-10-14-25(24)29(33)34-4)20(3)27(22)31-18-30-26(17-32)28(31)35-21-11-7-6-8-12-21/h6-16,18-19,32H,5,17H2,1-4H3. The van der Waals surface area contributed by atoms with Crippen LogP contribution in [0.25, 0.3) is 16.8 Å². The van der Waals surface area contributed by atoms with Gasteiger partial charge in [0, 0.05) is 4.90 Å². The third-order valence-electron chi connectivity index (χ3n) is 6.37. The van der Waals surface area contributed by atoms with E-state index in [1.54, 1.807) is 24.2 Å². The number of ether oxygens (including phenoxy) is 1. The van der Waals surface area contributed by atoms with Crippen molar-refractivity contribution in [3.05, 3.63) is 95.4 Å². The first kappa shape index (κ1) is 24.8. The second-order valence-corrected chi connectivity index (χ2v) is 9.52. The molecule has 1 atom stereocenters. The van der Waals surface area contributed by atoms with Gasteiger partial charge in [-0.2, -0.15) is 0 Å². The number of nitrogens with zero attached hydrogens (tertiary/aromatic N) is 2. The number of carbonyl (C=O) groups excluding carboxylic acids is 1. The number of aromatic nitrogens is 2. The molecule has 1 N–H and O–H groups in total. The molecule has 0 saturated carbocycles. The summed E-state index contributed by atoms with van der Waals surface area (Å²) in [6.07, 6.45) is 2.77. The molecule has 0 aliphatic rings. The highest BCUT2D eigenvalue weighted by Gasteiger charge is 2.23. The zero-order valence-electron chi connectivity index (χ0n) is 20.5. The molecule has 1 heterocycles. The predicted molar refractivity (Wildman–Crippen MR) is 140 cm³/mol. The third-order valence-corrected chi connectivity index (χ3v) is 7.50. The summed E-state index contributed by atoms with van der Waals surface area (Å²) in [5.41, 5.74) is 6.21. The van der Waals surface area contributed by atoms with Crippen LogP contribution in [0.5, 0.6) is 0 Å². The molecule has 0 amide bonds. The number of aliphatic hydroxyl groups is 1. The fourth-order valence-electron chi connectivity index (χ4n) is 4.31. The van der Waals surface area contributed by atoms with Gasteiger partial charge in [0.1, 0.15) is 11.4 Å². The highest BCUT2D eigenvalue weighted by molar-refractivity contribution is 7.99. The van der Waals surface area contributed by atoms with E-state index in [1.165, 1.54) is 12.7 Å². The molecule has 180 valence electrons. The van der Waals surface area contributed by atoms with Gasteiger partial charge < -0.3 is 9.84 Å². The van der Waals surface area contributed by atoms with Crippen LogP contribution in [0.2, 0.25) is 0 Å². The number of aliphatic hydroxyl groups excluding tert-OH is 1. The van der Waals surface area contributed by atoms with Crippen LogP contribution in [0.3, 0.4) is 0 Å². The van der Waals surface area contributed by atoms with Crippen molar-refractivity contribution in [1.82, 2.24) is 9.55 Å². The maximum atomic E-state index is 12.5. The number of hydrogen-bond acceptors (Lipinski definition) is 5. The first-order chi connectivity index (χ1) is 17.0. The summed E-state index contributed by atoms with van der Waals surface area (Å²) in [7, 11) is 1.40. The van der Waals surface area contributed by atoms with Gasteiger partial charge in [0.2, 0.25) is 0 Å². The molecule has 4 aromatic rings. The SMILES string of the molecule is CCC(C)c1ccc(-c2ccccc2C(=O)OC)c(C)c1-n1cnc(CO)c1Sc1ccccc1. The largest absolute Gasteiger partial charge is 0.465 e. The van der Waals surface area contributed by atoms with Crippen LogP contribution >= 0.6 is 11.8 Å². The Labute approximate surface area is 210 Å². The molecule has 1 unspecified atom stereocenters. The smallest absolute Gasteiger partial charge is 0.338 e. The maximum absolute atomic E-state index is 12.5. The van der Waals surface area contributed by atoms with Crippen molar-refractivity contribution in [1.29, 1.82) is 0 Å². The summed E-state index contributed by atoms with van der Waals surface area (Å²) < 4.78 is 7.14. The van der Waals surface area contributed by atoms with Crippen molar-refractivity contribution >= 4 is 17.7 Å². The van der Waals surface area contributed by atoms with Crippen molar-refractivity contribution in [2.24, 2.45) is 0 Å². The fraction of sp³-hybridized carbons (Fsp3) is 0.241. The molecule has 1 aromatic heterocycles. The van der Waals surface area contributed by atoms with E-state index in [-0.39, 0.29) is 12.6 Å². The summed E-state index contributed by atoms with van der Waals surface area (Å²) in [6.45, 7) is 6.33. The minimum absolute atomic E-state index is 0.148. The van der Waals surface area contributed by atoms with Gasteiger partial charge in [-0.15, -0.1) is 0 Å². The normalized spacial score (nSPS) is 11.9. The number of benzene rings is 3. The highest BCUT2D eigenvalue weighted by Crippen LogP contribution is 2.40. The van der Waals surface area contributed by atoms with Crippen LogP contribution in [-0.2, 0) is 11.3 Å². The summed E-state index contributed by atoms with van der Waals surface area (Å²) in [6, 6.07) is 21.9. The van der Waals surface area contributed by atoms with Crippen LogP contribution in [0.15, 0.2) is 83.0 Å². The molecule has 0 radical (unpaired) electrons. The van der Waals surface area contributed by atoms with Gasteiger partial charge >= 0.3 is 5.97 Å². The van der Waals surface area contributed by atoms with Crippen molar-refractivity contribution in [2.45, 2.75) is 49.6 Å². The Morgan fingerprint density at radius 2 is 1.77 bits per heavy atom. The summed E-state index contributed by atoms with van der Waals surface area (Å²) >= 11 is 1.58. The van der Waals surface area contributed by atoms with Gasteiger partial charge in [-0.25, -0.2) is 9.78 Å². The fourth-order valence-corrected chi connectivity index (χ4v) is 5.29. The van der Waals surface area contributed by atoms with E-state index in [9.17, 15) is 9.90 Å². The van der Waals surface area contributed by atoms with E-state index in [0.717, 1.165) is 38.7 Å². The molecule has 35 heavy (non-hydrogen) atoms. The Bertz CT molecular complexity index is 1330. The Morgan fingerprint density at radius 1 is 1.06 bits per heavy atom. The lowest BCUT2D eigenvalue weighted by molar-refractivity contribution is 0.0601. The average Bonchev–Trinajstić information content (AvgIpc) is 3.30. The molecule has 5 nitrogen and oxygen atoms in total. The Hall–Kier alpha value is -3.35. The summed E-state index contributed by atoms with van der Waals surface area (Å²) in [4.78, 5) is 18.1. The molecule has 0 aliphatic heterocycles. The second kappa shape index (κ2) is 10.9. The lowest BCUT2D eigenvalue weighted by atomic mass is 9.88. The Kier molecular flexibility index (Phi) is 7.73. The second-order valence-electron chi connectivity index (χ2n) is 8.46. The van der Waals surface area contributed by atoms with Crippen LogP contribution in [0, 0.1) is 6.92 Å².